The SMILES string of the molecule is COc1cccc(CC(=O)NC2(c3noc(C)n3)CCCC2)c1. The van der Waals surface area contributed by atoms with Gasteiger partial charge in [0.1, 0.15) is 11.3 Å². The summed E-state index contributed by atoms with van der Waals surface area (Å²) in [5.74, 6) is 1.82. The van der Waals surface area contributed by atoms with Gasteiger partial charge in [-0.05, 0) is 30.5 Å². The fraction of sp³-hybridized carbons (Fsp3) is 0.471. The quantitative estimate of drug-likeness (QED) is 0.917. The second kappa shape index (κ2) is 6.40. The highest BCUT2D eigenvalue weighted by Gasteiger charge is 2.41. The van der Waals surface area contributed by atoms with Crippen LogP contribution in [0.15, 0.2) is 28.8 Å². The van der Waals surface area contributed by atoms with Crippen molar-refractivity contribution in [2.24, 2.45) is 0 Å². The summed E-state index contributed by atoms with van der Waals surface area (Å²) in [6.07, 6.45) is 4.08. The number of nitrogens with one attached hydrogen (secondary N) is 1. The van der Waals surface area contributed by atoms with E-state index in [0.717, 1.165) is 37.0 Å². The van der Waals surface area contributed by atoms with E-state index in [-0.39, 0.29) is 5.91 Å². The summed E-state index contributed by atoms with van der Waals surface area (Å²) in [5.41, 5.74) is 0.424. The Balaban J connectivity index is 1.74. The Hall–Kier alpha value is -2.37. The molecular weight excluding hydrogens is 294 g/mol. The molecule has 0 saturated heterocycles. The molecule has 1 heterocycles. The first-order chi connectivity index (χ1) is 11.1. The van der Waals surface area contributed by atoms with Crippen LogP contribution in [0.4, 0.5) is 0 Å². The molecule has 0 aliphatic heterocycles. The van der Waals surface area contributed by atoms with Crippen molar-refractivity contribution in [1.82, 2.24) is 15.5 Å². The minimum absolute atomic E-state index is 0.0393. The van der Waals surface area contributed by atoms with Gasteiger partial charge in [0.05, 0.1) is 13.5 Å². The van der Waals surface area contributed by atoms with Gasteiger partial charge in [0, 0.05) is 6.92 Å². The molecule has 6 nitrogen and oxygen atoms in total. The van der Waals surface area contributed by atoms with Crippen molar-refractivity contribution in [3.05, 3.63) is 41.5 Å². The summed E-state index contributed by atoms with van der Waals surface area (Å²) in [6.45, 7) is 1.76. The molecule has 6 heteroatoms. The third-order valence-electron chi connectivity index (χ3n) is 4.29. The lowest BCUT2D eigenvalue weighted by molar-refractivity contribution is -0.122. The topological polar surface area (TPSA) is 77.2 Å². The lowest BCUT2D eigenvalue weighted by Crippen LogP contribution is -2.45. The van der Waals surface area contributed by atoms with Gasteiger partial charge in [-0.25, -0.2) is 0 Å². The van der Waals surface area contributed by atoms with E-state index >= 15 is 0 Å². The number of hydrogen-bond donors (Lipinski definition) is 1. The average molecular weight is 315 g/mol. The monoisotopic (exact) mass is 315 g/mol. The van der Waals surface area contributed by atoms with Gasteiger partial charge < -0.3 is 14.6 Å². The number of aryl methyl sites for hydroxylation is 1. The largest absolute Gasteiger partial charge is 0.497 e. The van der Waals surface area contributed by atoms with Crippen molar-refractivity contribution >= 4 is 5.91 Å². The fourth-order valence-electron chi connectivity index (χ4n) is 3.16. The Morgan fingerprint density at radius 2 is 2.17 bits per heavy atom. The molecule has 0 spiro atoms. The number of benzene rings is 1. The molecule has 1 aliphatic carbocycles. The predicted molar refractivity (Wildman–Crippen MR) is 84.0 cm³/mol. The van der Waals surface area contributed by atoms with Crippen molar-refractivity contribution in [3.8, 4) is 5.75 Å². The Labute approximate surface area is 135 Å². The molecule has 1 N–H and O–H groups in total. The van der Waals surface area contributed by atoms with Crippen molar-refractivity contribution in [1.29, 1.82) is 0 Å². The third kappa shape index (κ3) is 3.36. The van der Waals surface area contributed by atoms with Crippen LogP contribution in [0, 0.1) is 6.92 Å². The second-order valence-electron chi connectivity index (χ2n) is 6.00. The van der Waals surface area contributed by atoms with Crippen LogP contribution in [0.5, 0.6) is 5.75 Å². The minimum Gasteiger partial charge on any atom is -0.497 e. The molecule has 0 radical (unpaired) electrons. The molecule has 3 rings (SSSR count). The van der Waals surface area contributed by atoms with Crippen LogP contribution in [0.1, 0.15) is 43.0 Å². The van der Waals surface area contributed by atoms with Gasteiger partial charge in [-0.3, -0.25) is 4.79 Å². The molecule has 0 bridgehead atoms. The van der Waals surface area contributed by atoms with Gasteiger partial charge >= 0.3 is 0 Å². The van der Waals surface area contributed by atoms with Crippen molar-refractivity contribution in [2.45, 2.75) is 44.6 Å². The van der Waals surface area contributed by atoms with Gasteiger partial charge in [0.15, 0.2) is 5.82 Å². The molecule has 2 aromatic rings. The van der Waals surface area contributed by atoms with E-state index < -0.39 is 5.54 Å². The molecule has 1 amide bonds. The van der Waals surface area contributed by atoms with Crippen LogP contribution in [-0.2, 0) is 16.8 Å². The maximum Gasteiger partial charge on any atom is 0.225 e. The zero-order valence-corrected chi connectivity index (χ0v) is 13.5. The van der Waals surface area contributed by atoms with Crippen molar-refractivity contribution < 1.29 is 14.1 Å². The van der Waals surface area contributed by atoms with E-state index in [4.69, 9.17) is 9.26 Å². The minimum atomic E-state index is -0.492. The Morgan fingerprint density at radius 1 is 1.39 bits per heavy atom. The summed E-state index contributed by atoms with van der Waals surface area (Å²) in [4.78, 5) is 16.9. The Bertz CT molecular complexity index is 690. The smallest absolute Gasteiger partial charge is 0.225 e. The number of hydrogen-bond acceptors (Lipinski definition) is 5. The number of ether oxygens (including phenoxy) is 1. The first kappa shape index (κ1) is 15.5. The molecule has 1 fully saturated rings. The van der Waals surface area contributed by atoms with Crippen LogP contribution in [0.3, 0.4) is 0 Å². The molecule has 0 unspecified atom stereocenters. The summed E-state index contributed by atoms with van der Waals surface area (Å²) >= 11 is 0. The third-order valence-corrected chi connectivity index (χ3v) is 4.29. The summed E-state index contributed by atoms with van der Waals surface area (Å²) in [5, 5.41) is 7.18. The van der Waals surface area contributed by atoms with Gasteiger partial charge in [-0.1, -0.05) is 30.1 Å². The van der Waals surface area contributed by atoms with Crippen LogP contribution in [0.25, 0.3) is 0 Å². The summed E-state index contributed by atoms with van der Waals surface area (Å²) in [6, 6.07) is 7.54. The molecule has 23 heavy (non-hydrogen) atoms. The molecule has 1 aromatic carbocycles. The van der Waals surface area contributed by atoms with Gasteiger partial charge in [-0.15, -0.1) is 0 Å². The number of aromatic nitrogens is 2. The Kier molecular flexibility index (Phi) is 4.32. The molecule has 1 aromatic heterocycles. The van der Waals surface area contributed by atoms with Crippen molar-refractivity contribution in [2.75, 3.05) is 7.11 Å². The van der Waals surface area contributed by atoms with E-state index in [2.05, 4.69) is 15.5 Å². The fourth-order valence-corrected chi connectivity index (χ4v) is 3.16. The standard InChI is InChI=1S/C17H21N3O3/c1-12-18-16(20-23-12)17(8-3-4-9-17)19-15(21)11-13-6-5-7-14(10-13)22-2/h5-7,10H,3-4,8-9,11H2,1-2H3,(H,19,21). The highest BCUT2D eigenvalue weighted by molar-refractivity contribution is 5.79. The molecule has 122 valence electrons. The number of nitrogens with zero attached hydrogens (tertiary/aromatic N) is 2. The second-order valence-corrected chi connectivity index (χ2v) is 6.00. The molecule has 0 atom stereocenters. The van der Waals surface area contributed by atoms with Gasteiger partial charge in [-0.2, -0.15) is 4.98 Å². The summed E-state index contributed by atoms with van der Waals surface area (Å²) in [7, 11) is 1.62. The summed E-state index contributed by atoms with van der Waals surface area (Å²) < 4.78 is 10.3. The molecule has 1 aliphatic rings. The van der Waals surface area contributed by atoms with Crippen molar-refractivity contribution in [3.63, 3.8) is 0 Å². The lowest BCUT2D eigenvalue weighted by atomic mass is 9.96. The van der Waals surface area contributed by atoms with Gasteiger partial charge in [0.25, 0.3) is 0 Å². The highest BCUT2D eigenvalue weighted by Crippen LogP contribution is 2.37. The Morgan fingerprint density at radius 3 is 2.83 bits per heavy atom. The van der Waals surface area contributed by atoms with E-state index in [1.807, 2.05) is 24.3 Å². The molecule has 1 saturated carbocycles. The van der Waals surface area contributed by atoms with E-state index in [1.54, 1.807) is 14.0 Å². The number of rotatable bonds is 5. The maximum atomic E-state index is 12.5. The average Bonchev–Trinajstić information content (AvgIpc) is 3.17. The normalized spacial score (nSPS) is 16.3. The zero-order valence-electron chi connectivity index (χ0n) is 13.5. The van der Waals surface area contributed by atoms with Crippen LogP contribution < -0.4 is 10.1 Å². The number of carbonyl (C=O) groups is 1. The van der Waals surface area contributed by atoms with Crippen LogP contribution >= 0.6 is 0 Å². The van der Waals surface area contributed by atoms with E-state index in [0.29, 0.717) is 18.1 Å². The highest BCUT2D eigenvalue weighted by atomic mass is 16.5. The number of carbonyl (C=O) groups excluding carboxylic acids is 1. The van der Waals surface area contributed by atoms with E-state index in [9.17, 15) is 4.79 Å². The predicted octanol–water partition coefficient (Wildman–Crippen LogP) is 2.51. The first-order valence-corrected chi connectivity index (χ1v) is 7.86. The number of amides is 1. The maximum absolute atomic E-state index is 12.5. The lowest BCUT2D eigenvalue weighted by Gasteiger charge is -2.26. The van der Waals surface area contributed by atoms with Crippen LogP contribution in [-0.4, -0.2) is 23.2 Å². The molecular formula is C17H21N3O3. The van der Waals surface area contributed by atoms with Crippen LogP contribution in [0.2, 0.25) is 0 Å². The first-order valence-electron chi connectivity index (χ1n) is 7.86. The zero-order chi connectivity index (χ0) is 16.3. The van der Waals surface area contributed by atoms with E-state index in [1.165, 1.54) is 0 Å². The van der Waals surface area contributed by atoms with Gasteiger partial charge in [0.2, 0.25) is 11.8 Å². The number of methoxy groups -OCH3 is 1.